The maximum atomic E-state index is 10.8. The summed E-state index contributed by atoms with van der Waals surface area (Å²) in [5, 5.41) is 11.2. The molecule has 1 fully saturated rings. The molecule has 0 aliphatic heterocycles. The van der Waals surface area contributed by atoms with Crippen LogP contribution in [0.4, 0.5) is 0 Å². The molecule has 1 aliphatic carbocycles. The average molecular weight is 171 g/mol. The van der Waals surface area contributed by atoms with Gasteiger partial charge in [-0.1, -0.05) is 0 Å². The van der Waals surface area contributed by atoms with Gasteiger partial charge in [-0.3, -0.25) is 9.59 Å². The first-order valence-electron chi connectivity index (χ1n) is 4.05. The molecule has 0 aromatic carbocycles. The Balaban J connectivity index is 2.19. The smallest absolute Gasteiger partial charge is 0.287 e. The third-order valence-electron chi connectivity index (χ3n) is 2.15. The van der Waals surface area contributed by atoms with Crippen LogP contribution in [0.3, 0.4) is 0 Å². The van der Waals surface area contributed by atoms with Crippen LogP contribution in [0.25, 0.3) is 0 Å². The van der Waals surface area contributed by atoms with Crippen LogP contribution in [0.15, 0.2) is 0 Å². The summed E-state index contributed by atoms with van der Waals surface area (Å²) in [7, 11) is 0. The van der Waals surface area contributed by atoms with E-state index in [-0.39, 0.29) is 12.6 Å². The first kappa shape index (κ1) is 9.19. The second kappa shape index (κ2) is 3.67. The van der Waals surface area contributed by atoms with E-state index in [1.165, 1.54) is 6.92 Å². The van der Waals surface area contributed by atoms with Gasteiger partial charge in [0, 0.05) is 19.6 Å². The molecule has 0 aromatic heterocycles. The second-order valence-corrected chi connectivity index (χ2v) is 3.25. The van der Waals surface area contributed by atoms with E-state index < -0.39 is 11.7 Å². The molecule has 1 rings (SSSR count). The molecule has 0 spiro atoms. The Morgan fingerprint density at radius 1 is 1.50 bits per heavy atom. The van der Waals surface area contributed by atoms with Crippen molar-refractivity contribution < 1.29 is 14.7 Å². The van der Waals surface area contributed by atoms with E-state index in [0.29, 0.717) is 5.92 Å². The Hall–Kier alpha value is -0.900. The number of ketones is 1. The molecule has 0 atom stereocenters. The molecule has 68 valence electrons. The lowest BCUT2D eigenvalue weighted by molar-refractivity contribution is -0.137. The van der Waals surface area contributed by atoms with Gasteiger partial charge < -0.3 is 10.4 Å². The number of aliphatic hydroxyl groups excluding tert-OH is 1. The van der Waals surface area contributed by atoms with Crippen molar-refractivity contribution in [3.8, 4) is 0 Å². The van der Waals surface area contributed by atoms with Crippen molar-refractivity contribution in [2.75, 3.05) is 6.61 Å². The highest BCUT2D eigenvalue weighted by atomic mass is 16.3. The number of Topliss-reactive ketones (excluding diaryl/α,β-unsaturated/α-hetero) is 1. The van der Waals surface area contributed by atoms with Crippen molar-refractivity contribution in [1.29, 1.82) is 0 Å². The Labute approximate surface area is 71.0 Å². The topological polar surface area (TPSA) is 66.4 Å². The molecule has 0 radical (unpaired) electrons. The number of carbonyl (C=O) groups excluding carboxylic acids is 2. The first-order chi connectivity index (χ1) is 5.63. The van der Waals surface area contributed by atoms with Crippen LogP contribution in [0.1, 0.15) is 19.8 Å². The maximum Gasteiger partial charge on any atom is 0.287 e. The molecular formula is C8H13NO3. The van der Waals surface area contributed by atoms with Gasteiger partial charge in [0.15, 0.2) is 0 Å². The maximum absolute atomic E-state index is 10.8. The van der Waals surface area contributed by atoms with Crippen LogP contribution < -0.4 is 5.32 Å². The van der Waals surface area contributed by atoms with Crippen LogP contribution in [-0.4, -0.2) is 29.4 Å². The SMILES string of the molecule is CC(=O)C(=O)NC1CC(CO)C1. The van der Waals surface area contributed by atoms with Gasteiger partial charge in [-0.15, -0.1) is 0 Å². The quantitative estimate of drug-likeness (QED) is 0.560. The van der Waals surface area contributed by atoms with Crippen LogP contribution in [0.5, 0.6) is 0 Å². The van der Waals surface area contributed by atoms with Crippen LogP contribution in [-0.2, 0) is 9.59 Å². The average Bonchev–Trinajstić information content (AvgIpc) is 1.94. The monoisotopic (exact) mass is 171 g/mol. The Morgan fingerprint density at radius 3 is 2.50 bits per heavy atom. The Bertz CT molecular complexity index is 196. The van der Waals surface area contributed by atoms with E-state index in [4.69, 9.17) is 5.11 Å². The third kappa shape index (κ3) is 2.04. The zero-order chi connectivity index (χ0) is 9.14. The molecule has 1 aliphatic rings. The highest BCUT2D eigenvalue weighted by Crippen LogP contribution is 2.26. The molecule has 0 unspecified atom stereocenters. The van der Waals surface area contributed by atoms with E-state index >= 15 is 0 Å². The standard InChI is InChI=1S/C8H13NO3/c1-5(11)8(12)9-7-2-6(3-7)4-10/h6-7,10H,2-4H2,1H3,(H,9,12). The summed E-state index contributed by atoms with van der Waals surface area (Å²) in [6, 6.07) is 0.0959. The number of nitrogens with one attached hydrogen (secondary N) is 1. The fourth-order valence-corrected chi connectivity index (χ4v) is 1.29. The van der Waals surface area contributed by atoms with Crippen molar-refractivity contribution in [1.82, 2.24) is 5.32 Å². The lowest BCUT2D eigenvalue weighted by atomic mass is 9.81. The Morgan fingerprint density at radius 2 is 2.08 bits per heavy atom. The van der Waals surface area contributed by atoms with E-state index in [1.807, 2.05) is 0 Å². The van der Waals surface area contributed by atoms with E-state index in [0.717, 1.165) is 12.8 Å². The molecule has 1 amide bonds. The third-order valence-corrected chi connectivity index (χ3v) is 2.15. The number of amides is 1. The minimum absolute atomic E-state index is 0.0959. The minimum atomic E-state index is -0.517. The highest BCUT2D eigenvalue weighted by Gasteiger charge is 2.30. The summed E-state index contributed by atoms with van der Waals surface area (Å²) in [6.07, 6.45) is 1.57. The largest absolute Gasteiger partial charge is 0.396 e. The zero-order valence-corrected chi connectivity index (χ0v) is 7.04. The van der Waals surface area contributed by atoms with Crippen molar-refractivity contribution in [3.05, 3.63) is 0 Å². The number of carbonyl (C=O) groups is 2. The molecule has 0 heterocycles. The molecule has 0 saturated heterocycles. The molecule has 4 nitrogen and oxygen atoms in total. The molecule has 4 heteroatoms. The van der Waals surface area contributed by atoms with Crippen LogP contribution >= 0.6 is 0 Å². The summed E-state index contributed by atoms with van der Waals surface area (Å²) < 4.78 is 0. The van der Waals surface area contributed by atoms with Gasteiger partial charge in [-0.2, -0.15) is 0 Å². The van der Waals surface area contributed by atoms with E-state index in [2.05, 4.69) is 5.32 Å². The fraction of sp³-hybridized carbons (Fsp3) is 0.750. The van der Waals surface area contributed by atoms with Gasteiger partial charge in [0.05, 0.1) is 0 Å². The van der Waals surface area contributed by atoms with Crippen LogP contribution in [0, 0.1) is 5.92 Å². The van der Waals surface area contributed by atoms with Gasteiger partial charge in [-0.05, 0) is 18.8 Å². The summed E-state index contributed by atoms with van der Waals surface area (Å²) in [5.74, 6) is -0.666. The predicted octanol–water partition coefficient (Wildman–Crippen LogP) is -0.538. The number of hydrogen-bond donors (Lipinski definition) is 2. The Kier molecular flexibility index (Phi) is 2.81. The lowest BCUT2D eigenvalue weighted by Crippen LogP contribution is -2.47. The summed E-state index contributed by atoms with van der Waals surface area (Å²) in [5.41, 5.74) is 0. The summed E-state index contributed by atoms with van der Waals surface area (Å²) >= 11 is 0. The number of hydrogen-bond acceptors (Lipinski definition) is 3. The van der Waals surface area contributed by atoms with Gasteiger partial charge in [-0.25, -0.2) is 0 Å². The number of aliphatic hydroxyl groups is 1. The fourth-order valence-electron chi connectivity index (χ4n) is 1.29. The van der Waals surface area contributed by atoms with Crippen molar-refractivity contribution >= 4 is 11.7 Å². The first-order valence-corrected chi connectivity index (χ1v) is 4.05. The molecule has 12 heavy (non-hydrogen) atoms. The van der Waals surface area contributed by atoms with Gasteiger partial charge >= 0.3 is 0 Å². The molecular weight excluding hydrogens is 158 g/mol. The minimum Gasteiger partial charge on any atom is -0.396 e. The second-order valence-electron chi connectivity index (χ2n) is 3.25. The van der Waals surface area contributed by atoms with Crippen molar-refractivity contribution in [2.45, 2.75) is 25.8 Å². The zero-order valence-electron chi connectivity index (χ0n) is 7.04. The van der Waals surface area contributed by atoms with E-state index in [9.17, 15) is 9.59 Å². The van der Waals surface area contributed by atoms with Crippen molar-refractivity contribution in [3.63, 3.8) is 0 Å². The normalized spacial score (nSPS) is 27.5. The van der Waals surface area contributed by atoms with Gasteiger partial charge in [0.1, 0.15) is 0 Å². The van der Waals surface area contributed by atoms with Gasteiger partial charge in [0.2, 0.25) is 5.78 Å². The predicted molar refractivity (Wildman–Crippen MR) is 42.4 cm³/mol. The summed E-state index contributed by atoms with van der Waals surface area (Å²) in [4.78, 5) is 21.3. The summed E-state index contributed by atoms with van der Waals surface area (Å²) in [6.45, 7) is 1.42. The molecule has 1 saturated carbocycles. The van der Waals surface area contributed by atoms with Crippen molar-refractivity contribution in [2.24, 2.45) is 5.92 Å². The lowest BCUT2D eigenvalue weighted by Gasteiger charge is -2.34. The number of rotatable bonds is 3. The molecule has 0 aromatic rings. The van der Waals surface area contributed by atoms with Gasteiger partial charge in [0.25, 0.3) is 5.91 Å². The van der Waals surface area contributed by atoms with Crippen LogP contribution in [0.2, 0.25) is 0 Å². The van der Waals surface area contributed by atoms with E-state index in [1.54, 1.807) is 0 Å². The molecule has 0 bridgehead atoms. The molecule has 2 N–H and O–H groups in total. The highest BCUT2D eigenvalue weighted by molar-refractivity contribution is 6.35.